The predicted molar refractivity (Wildman–Crippen MR) is 169 cm³/mol. The van der Waals surface area contributed by atoms with Gasteiger partial charge in [-0.3, -0.25) is 9.59 Å². The standard InChI is InChI=1S/C35H39N3O5/c1-24-11-10-16-28(21-24)31(32(40)36-29-18-17-26-14-8-9-15-27(26)23-29)38(19-20-39)33(41)30(22-25-12-6-5-7-13-25)37-34(42)43-35(2,3)4/h5-18,21,23,30-31,39H,19-20,22H2,1-4H3,(H,36,40)(H,37,42). The minimum atomic E-state index is -1.09. The van der Waals surface area contributed by atoms with Gasteiger partial charge in [0.1, 0.15) is 17.7 Å². The maximum Gasteiger partial charge on any atom is 0.408 e. The van der Waals surface area contributed by atoms with E-state index in [9.17, 15) is 19.5 Å². The van der Waals surface area contributed by atoms with E-state index in [2.05, 4.69) is 10.6 Å². The molecule has 8 nitrogen and oxygen atoms in total. The number of aliphatic hydroxyl groups excluding tert-OH is 1. The molecule has 0 saturated heterocycles. The monoisotopic (exact) mass is 581 g/mol. The van der Waals surface area contributed by atoms with Crippen LogP contribution in [0.2, 0.25) is 0 Å². The highest BCUT2D eigenvalue weighted by atomic mass is 16.6. The van der Waals surface area contributed by atoms with Crippen molar-refractivity contribution in [3.63, 3.8) is 0 Å². The van der Waals surface area contributed by atoms with Crippen molar-refractivity contribution in [1.29, 1.82) is 0 Å². The van der Waals surface area contributed by atoms with Crippen LogP contribution in [0.4, 0.5) is 10.5 Å². The molecule has 4 aromatic carbocycles. The largest absolute Gasteiger partial charge is 0.444 e. The molecule has 43 heavy (non-hydrogen) atoms. The van der Waals surface area contributed by atoms with Crippen molar-refractivity contribution in [3.8, 4) is 0 Å². The van der Waals surface area contributed by atoms with Crippen LogP contribution in [-0.2, 0) is 20.7 Å². The van der Waals surface area contributed by atoms with Gasteiger partial charge in [0, 0.05) is 18.7 Å². The molecule has 0 saturated carbocycles. The number of nitrogens with one attached hydrogen (secondary N) is 2. The van der Waals surface area contributed by atoms with E-state index >= 15 is 0 Å². The van der Waals surface area contributed by atoms with Crippen LogP contribution in [0.1, 0.15) is 43.5 Å². The highest BCUT2D eigenvalue weighted by molar-refractivity contribution is 6.00. The van der Waals surface area contributed by atoms with Crippen molar-refractivity contribution >= 4 is 34.4 Å². The van der Waals surface area contributed by atoms with Crippen molar-refractivity contribution < 1.29 is 24.2 Å². The summed E-state index contributed by atoms with van der Waals surface area (Å²) in [6.07, 6.45) is -0.591. The van der Waals surface area contributed by atoms with Crippen LogP contribution in [0, 0.1) is 6.92 Å². The summed E-state index contributed by atoms with van der Waals surface area (Å²) >= 11 is 0. The van der Waals surface area contributed by atoms with Crippen LogP contribution < -0.4 is 10.6 Å². The second kappa shape index (κ2) is 14.0. The third-order valence-corrected chi connectivity index (χ3v) is 6.83. The van der Waals surface area contributed by atoms with Crippen molar-refractivity contribution in [3.05, 3.63) is 114 Å². The van der Waals surface area contributed by atoms with Gasteiger partial charge in [0.15, 0.2) is 0 Å². The average Bonchev–Trinajstić information content (AvgIpc) is 2.96. The first-order valence-corrected chi connectivity index (χ1v) is 14.3. The van der Waals surface area contributed by atoms with E-state index in [0.29, 0.717) is 11.3 Å². The second-order valence-corrected chi connectivity index (χ2v) is 11.5. The molecule has 0 aliphatic carbocycles. The number of aliphatic hydroxyl groups is 1. The van der Waals surface area contributed by atoms with Gasteiger partial charge in [-0.05, 0) is 61.7 Å². The molecule has 0 bridgehead atoms. The van der Waals surface area contributed by atoms with E-state index in [1.54, 1.807) is 26.8 Å². The average molecular weight is 582 g/mol. The lowest BCUT2D eigenvalue weighted by Crippen LogP contribution is -2.53. The molecule has 4 aromatic rings. The molecular weight excluding hydrogens is 542 g/mol. The van der Waals surface area contributed by atoms with Gasteiger partial charge in [-0.2, -0.15) is 0 Å². The van der Waals surface area contributed by atoms with Gasteiger partial charge in [0.05, 0.1) is 6.61 Å². The summed E-state index contributed by atoms with van der Waals surface area (Å²) in [5, 5.41) is 17.8. The summed E-state index contributed by atoms with van der Waals surface area (Å²) in [5.74, 6) is -0.970. The molecule has 0 heterocycles. The summed E-state index contributed by atoms with van der Waals surface area (Å²) in [6.45, 7) is 6.60. The molecule has 0 aliphatic rings. The number of nitrogens with zero attached hydrogens (tertiary/aromatic N) is 1. The fourth-order valence-corrected chi connectivity index (χ4v) is 4.96. The molecule has 224 valence electrons. The van der Waals surface area contributed by atoms with Gasteiger partial charge < -0.3 is 25.4 Å². The minimum Gasteiger partial charge on any atom is -0.444 e. The van der Waals surface area contributed by atoms with Gasteiger partial charge in [0.2, 0.25) is 5.91 Å². The summed E-state index contributed by atoms with van der Waals surface area (Å²) in [7, 11) is 0. The number of hydrogen-bond donors (Lipinski definition) is 3. The Hall–Kier alpha value is -4.69. The molecule has 0 aromatic heterocycles. The van der Waals surface area contributed by atoms with E-state index in [0.717, 1.165) is 21.9 Å². The number of benzene rings is 4. The normalized spacial score (nSPS) is 12.7. The summed E-state index contributed by atoms with van der Waals surface area (Å²) in [5.41, 5.74) is 2.10. The molecule has 0 aliphatic heterocycles. The highest BCUT2D eigenvalue weighted by Gasteiger charge is 2.36. The van der Waals surface area contributed by atoms with Crippen molar-refractivity contribution in [2.24, 2.45) is 0 Å². The number of carbonyl (C=O) groups is 3. The number of fused-ring (bicyclic) bond motifs is 1. The van der Waals surface area contributed by atoms with Crippen molar-refractivity contribution in [2.45, 2.75) is 51.8 Å². The van der Waals surface area contributed by atoms with E-state index in [1.807, 2.05) is 97.9 Å². The number of carbonyl (C=O) groups excluding carboxylic acids is 3. The lowest BCUT2D eigenvalue weighted by molar-refractivity contribution is -0.141. The molecule has 0 radical (unpaired) electrons. The fraction of sp³-hybridized carbons (Fsp3) is 0.286. The Bertz CT molecular complexity index is 1560. The van der Waals surface area contributed by atoms with E-state index < -0.39 is 35.6 Å². The molecule has 0 spiro atoms. The van der Waals surface area contributed by atoms with Gasteiger partial charge >= 0.3 is 6.09 Å². The number of amides is 3. The summed E-state index contributed by atoms with van der Waals surface area (Å²) in [4.78, 5) is 42.6. The number of aryl methyl sites for hydroxylation is 1. The second-order valence-electron chi connectivity index (χ2n) is 11.5. The third-order valence-electron chi connectivity index (χ3n) is 6.83. The van der Waals surface area contributed by atoms with Crippen molar-refractivity contribution in [1.82, 2.24) is 10.2 Å². The predicted octanol–water partition coefficient (Wildman–Crippen LogP) is 5.78. The van der Waals surface area contributed by atoms with Crippen LogP contribution in [0.25, 0.3) is 10.8 Å². The first-order valence-electron chi connectivity index (χ1n) is 14.3. The lowest BCUT2D eigenvalue weighted by atomic mass is 9.99. The lowest BCUT2D eigenvalue weighted by Gasteiger charge is -2.34. The SMILES string of the molecule is Cc1cccc(C(C(=O)Nc2ccc3ccccc3c2)N(CCO)C(=O)C(Cc2ccccc2)NC(=O)OC(C)(C)C)c1. The van der Waals surface area contributed by atoms with E-state index in [4.69, 9.17) is 4.74 Å². The number of ether oxygens (including phenoxy) is 1. The van der Waals surface area contributed by atoms with Crippen LogP contribution in [0.5, 0.6) is 0 Å². The topological polar surface area (TPSA) is 108 Å². The third kappa shape index (κ3) is 8.66. The number of anilines is 1. The van der Waals surface area contributed by atoms with E-state index in [1.165, 1.54) is 4.90 Å². The Morgan fingerprint density at radius 2 is 1.56 bits per heavy atom. The molecule has 3 amide bonds. The summed E-state index contributed by atoms with van der Waals surface area (Å²) < 4.78 is 5.47. The Morgan fingerprint density at radius 1 is 0.860 bits per heavy atom. The molecule has 8 heteroatoms. The Balaban J connectivity index is 1.72. The van der Waals surface area contributed by atoms with Crippen LogP contribution in [-0.4, -0.2) is 52.7 Å². The fourth-order valence-electron chi connectivity index (χ4n) is 4.96. The highest BCUT2D eigenvalue weighted by Crippen LogP contribution is 2.27. The molecule has 2 unspecified atom stereocenters. The first-order chi connectivity index (χ1) is 20.5. The van der Waals surface area contributed by atoms with Crippen LogP contribution in [0.3, 0.4) is 0 Å². The smallest absolute Gasteiger partial charge is 0.408 e. The first kappa shape index (κ1) is 31.3. The molecule has 4 rings (SSSR count). The van der Waals surface area contributed by atoms with Crippen LogP contribution >= 0.6 is 0 Å². The van der Waals surface area contributed by atoms with Crippen LogP contribution in [0.15, 0.2) is 97.1 Å². The Kier molecular flexibility index (Phi) is 10.2. The maximum atomic E-state index is 14.3. The summed E-state index contributed by atoms with van der Waals surface area (Å²) in [6, 6.07) is 27.9. The zero-order chi connectivity index (χ0) is 31.0. The van der Waals surface area contributed by atoms with E-state index in [-0.39, 0.29) is 19.6 Å². The van der Waals surface area contributed by atoms with Gasteiger partial charge in [-0.25, -0.2) is 4.79 Å². The molecule has 0 fully saturated rings. The molecular formula is C35H39N3O5. The number of alkyl carbamates (subject to hydrolysis) is 1. The van der Waals surface area contributed by atoms with Gasteiger partial charge in [0.25, 0.3) is 5.91 Å². The molecule has 3 N–H and O–H groups in total. The van der Waals surface area contributed by atoms with Gasteiger partial charge in [-0.1, -0.05) is 90.5 Å². The quantitative estimate of drug-likeness (QED) is 0.220. The van der Waals surface area contributed by atoms with Gasteiger partial charge in [-0.15, -0.1) is 0 Å². The maximum absolute atomic E-state index is 14.3. The zero-order valence-electron chi connectivity index (χ0n) is 25.0. The Morgan fingerprint density at radius 3 is 2.23 bits per heavy atom. The Labute approximate surface area is 252 Å². The van der Waals surface area contributed by atoms with Crippen molar-refractivity contribution in [2.75, 3.05) is 18.5 Å². The number of hydrogen-bond acceptors (Lipinski definition) is 5. The minimum absolute atomic E-state index is 0.135. The zero-order valence-corrected chi connectivity index (χ0v) is 25.0. The number of rotatable bonds is 10. The molecule has 2 atom stereocenters.